The van der Waals surface area contributed by atoms with E-state index < -0.39 is 23.9 Å². The molecular formula is C16H16Mo2O8+8. The monoisotopic (exact) mass is 532 g/mol. The minimum Gasteiger partial charge on any atom is -0.561 e. The van der Waals surface area contributed by atoms with Crippen LogP contribution in [-0.2, 0) is 42.1 Å². The number of carbonyl (C=O) groups excluding carboxylic acids is 4. The van der Waals surface area contributed by atoms with Gasteiger partial charge in [-0.3, -0.25) is 0 Å². The Bertz CT molecular complexity index is 636. The molecule has 0 aliphatic rings. The molecule has 0 heterocycles. The van der Waals surface area contributed by atoms with Crippen LogP contribution in [-0.4, -0.2) is 44.3 Å². The molecule has 0 spiro atoms. The summed E-state index contributed by atoms with van der Waals surface area (Å²) in [6.45, 7) is 0. The fourth-order valence-electron chi connectivity index (χ4n) is 1.55. The average molecular weight is 528 g/mol. The van der Waals surface area contributed by atoms with Crippen LogP contribution in [0.25, 0.3) is 0 Å². The maximum atomic E-state index is 10.5. The van der Waals surface area contributed by atoms with Gasteiger partial charge in [0.05, 0.1) is 0 Å². The van der Waals surface area contributed by atoms with E-state index in [9.17, 15) is 19.2 Å². The van der Waals surface area contributed by atoms with Gasteiger partial charge in [0.1, 0.15) is 22.3 Å². The van der Waals surface area contributed by atoms with E-state index >= 15 is 0 Å². The van der Waals surface area contributed by atoms with Gasteiger partial charge in [0.15, 0.2) is 0 Å². The first-order valence-electron chi connectivity index (χ1n) is 6.46. The van der Waals surface area contributed by atoms with Crippen LogP contribution in [0.15, 0.2) is 48.5 Å². The Morgan fingerprint density at radius 1 is 0.423 bits per heavy atom. The van der Waals surface area contributed by atoms with Gasteiger partial charge in [-0.1, -0.05) is 0 Å². The topological polar surface area (TPSA) is 160 Å². The maximum Gasteiger partial charge on any atom is 2.00 e. The van der Waals surface area contributed by atoms with Crippen molar-refractivity contribution in [3.63, 3.8) is 0 Å². The van der Waals surface area contributed by atoms with Gasteiger partial charge in [-0.2, -0.15) is 0 Å². The average Bonchev–Trinajstić information content (AvgIpc) is 2.55. The second-order valence-electron chi connectivity index (χ2n) is 4.47. The number of hydrogen-bond acceptors (Lipinski definition) is 4. The van der Waals surface area contributed by atoms with Crippen molar-refractivity contribution < 1.29 is 81.7 Å². The molecule has 2 rings (SSSR count). The molecule has 0 radical (unpaired) electrons. The quantitative estimate of drug-likeness (QED) is 0.362. The van der Waals surface area contributed by atoms with Crippen molar-refractivity contribution in [3.8, 4) is 0 Å². The molecule has 0 saturated heterocycles. The van der Waals surface area contributed by atoms with E-state index in [-0.39, 0.29) is 64.4 Å². The first-order valence-corrected chi connectivity index (χ1v) is 6.46. The van der Waals surface area contributed by atoms with E-state index in [0.29, 0.717) is 0 Å². The minimum absolute atomic E-state index is 0. The molecule has 0 bridgehead atoms. The Hall–Kier alpha value is -2.30. The van der Waals surface area contributed by atoms with E-state index in [4.69, 9.17) is 20.4 Å². The summed E-state index contributed by atoms with van der Waals surface area (Å²) in [4.78, 5) is 41.8. The van der Waals surface area contributed by atoms with Crippen LogP contribution in [0.1, 0.15) is 41.4 Å². The molecule has 10 heteroatoms. The van der Waals surface area contributed by atoms with Crippen molar-refractivity contribution in [1.29, 1.82) is 0 Å². The molecule has 2 aromatic carbocycles. The van der Waals surface area contributed by atoms with Crippen LogP contribution < -0.4 is 0 Å². The summed E-state index contributed by atoms with van der Waals surface area (Å²) in [5, 5.41) is 26.9. The van der Waals surface area contributed by atoms with Gasteiger partial charge in [0.25, 0.3) is 0 Å². The second kappa shape index (κ2) is 12.1. The minimum atomic E-state index is -0.793. The third-order valence-corrected chi connectivity index (χ3v) is 2.82. The van der Waals surface area contributed by atoms with Crippen molar-refractivity contribution in [3.05, 3.63) is 70.8 Å². The van der Waals surface area contributed by atoms with Crippen LogP contribution >= 0.6 is 0 Å². The standard InChI is InChI=1S/2C8H6O4.2Mo/c2*9-7(10)5-1-2-6(4-3-5)8(11)12;;/h2*1-4H,(H,9,10)(H,11,12);;/q;;2*+2/p+4. The molecule has 0 saturated carbocycles. The zero-order chi connectivity index (χ0) is 18.3. The van der Waals surface area contributed by atoms with Gasteiger partial charge in [0.2, 0.25) is 0 Å². The van der Waals surface area contributed by atoms with Crippen molar-refractivity contribution in [2.75, 3.05) is 0 Å². The number of hydrogen-bond donors (Lipinski definition) is 0. The Morgan fingerprint density at radius 2 is 0.538 bits per heavy atom. The molecule has 0 aliphatic heterocycles. The predicted molar refractivity (Wildman–Crippen MR) is 84.7 cm³/mol. The van der Waals surface area contributed by atoms with Crippen LogP contribution in [0.3, 0.4) is 0 Å². The van der Waals surface area contributed by atoms with Crippen LogP contribution in [0.4, 0.5) is 0 Å². The number of benzene rings is 2. The van der Waals surface area contributed by atoms with Crippen molar-refractivity contribution >= 4 is 23.9 Å². The van der Waals surface area contributed by atoms with Crippen LogP contribution in [0, 0.1) is 0 Å². The van der Waals surface area contributed by atoms with E-state index in [0.717, 1.165) is 0 Å². The predicted octanol–water partition coefficient (Wildman–Crippen LogP) is -1.17. The zero-order valence-corrected chi connectivity index (χ0v) is 17.1. The molecular weight excluding hydrogens is 512 g/mol. The van der Waals surface area contributed by atoms with Gasteiger partial charge in [-0.05, 0) is 48.5 Å². The summed E-state index contributed by atoms with van der Waals surface area (Å²) in [5.41, 5.74) is 0.889. The summed E-state index contributed by atoms with van der Waals surface area (Å²) in [6.07, 6.45) is 0. The summed E-state index contributed by atoms with van der Waals surface area (Å²) >= 11 is 0. The van der Waals surface area contributed by atoms with E-state index in [2.05, 4.69) is 0 Å². The summed E-state index contributed by atoms with van der Waals surface area (Å²) in [5.74, 6) is -3.17. The van der Waals surface area contributed by atoms with Gasteiger partial charge in [-0.15, -0.1) is 0 Å². The third-order valence-electron chi connectivity index (χ3n) is 2.82. The normalized spacial score (nSPS) is 8.62. The number of rotatable bonds is 4. The van der Waals surface area contributed by atoms with Crippen molar-refractivity contribution in [2.24, 2.45) is 0 Å². The fourth-order valence-corrected chi connectivity index (χ4v) is 1.55. The Kier molecular flexibility index (Phi) is 12.1. The van der Waals surface area contributed by atoms with Gasteiger partial charge < -0.3 is 20.4 Å². The summed E-state index contributed by atoms with van der Waals surface area (Å²) in [7, 11) is 0. The zero-order valence-electron chi connectivity index (χ0n) is 13.1. The van der Waals surface area contributed by atoms with E-state index in [1.54, 1.807) is 0 Å². The van der Waals surface area contributed by atoms with Crippen molar-refractivity contribution in [2.45, 2.75) is 0 Å². The molecule has 0 aliphatic carbocycles. The fraction of sp³-hybridized carbons (Fsp3) is 0. The Balaban J connectivity index is 0. The van der Waals surface area contributed by atoms with E-state index in [1.807, 2.05) is 0 Å². The largest absolute Gasteiger partial charge is 2.00 e. The maximum absolute atomic E-state index is 10.5. The Morgan fingerprint density at radius 3 is 0.615 bits per heavy atom. The molecule has 8 N–H and O–H groups in total. The molecule has 0 unspecified atom stereocenters. The molecule has 0 atom stereocenters. The molecule has 2 aromatic rings. The molecule has 0 aromatic heterocycles. The van der Waals surface area contributed by atoms with Gasteiger partial charge >= 0.3 is 66.0 Å². The molecule has 8 nitrogen and oxygen atoms in total. The third kappa shape index (κ3) is 8.18. The Labute approximate surface area is 176 Å². The molecule has 132 valence electrons. The van der Waals surface area contributed by atoms with Gasteiger partial charge in [0, 0.05) is 19.2 Å². The summed E-state index contributed by atoms with van der Waals surface area (Å²) in [6, 6.07) is 10.9. The summed E-state index contributed by atoms with van der Waals surface area (Å²) < 4.78 is 0. The first kappa shape index (κ1) is 25.9. The van der Waals surface area contributed by atoms with Crippen LogP contribution in [0.5, 0.6) is 0 Å². The molecule has 0 fully saturated rings. The second-order valence-corrected chi connectivity index (χ2v) is 4.47. The smallest absolute Gasteiger partial charge is 0.561 e. The SMILES string of the molecule is O=C([OH2+])c1ccc(C(=O)[OH2+])cc1.O=C([OH2+])c1ccc(C(=O)[OH2+])cc1.[Mo+2].[Mo+2]. The molecule has 0 amide bonds. The van der Waals surface area contributed by atoms with Gasteiger partial charge in [-0.25, -0.2) is 0 Å². The van der Waals surface area contributed by atoms with Crippen molar-refractivity contribution in [1.82, 2.24) is 0 Å². The molecule has 26 heavy (non-hydrogen) atoms. The van der Waals surface area contributed by atoms with E-state index in [1.165, 1.54) is 48.5 Å². The van der Waals surface area contributed by atoms with Crippen LogP contribution in [0.2, 0.25) is 0 Å². The first-order chi connectivity index (χ1) is 11.2. The number of carbonyl (C=O) groups is 4.